The first-order valence-corrected chi connectivity index (χ1v) is 9.70. The van der Waals surface area contributed by atoms with Gasteiger partial charge >= 0.3 is 5.97 Å². The molecule has 1 aromatic carbocycles. The predicted octanol–water partition coefficient (Wildman–Crippen LogP) is 2.91. The summed E-state index contributed by atoms with van der Waals surface area (Å²) in [5.41, 5.74) is 0.490. The number of nitrogens with one attached hydrogen (secondary N) is 2. The zero-order valence-corrected chi connectivity index (χ0v) is 17.3. The molecule has 1 atom stereocenters. The third-order valence-electron chi connectivity index (χ3n) is 3.69. The average Bonchev–Trinajstić information content (AvgIpc) is 3.19. The van der Waals surface area contributed by atoms with Gasteiger partial charge in [0.25, 0.3) is 5.91 Å². The number of hydrogen-bond acceptors (Lipinski definition) is 7. The molecule has 1 heterocycles. The van der Waals surface area contributed by atoms with Crippen LogP contribution in [-0.4, -0.2) is 48.9 Å². The maximum atomic E-state index is 12.2. The van der Waals surface area contributed by atoms with Crippen LogP contribution in [-0.2, 0) is 4.74 Å². The van der Waals surface area contributed by atoms with Gasteiger partial charge in [-0.25, -0.2) is 4.79 Å². The van der Waals surface area contributed by atoms with E-state index in [0.29, 0.717) is 17.1 Å². The van der Waals surface area contributed by atoms with Crippen molar-refractivity contribution in [2.24, 2.45) is 0 Å². The van der Waals surface area contributed by atoms with Gasteiger partial charge in [0.05, 0.1) is 12.0 Å². The number of aliphatic hydroxyl groups excluding tert-OH is 1. The number of anilines is 1. The summed E-state index contributed by atoms with van der Waals surface area (Å²) in [6.07, 6.45) is -0.747. The van der Waals surface area contributed by atoms with Crippen molar-refractivity contribution in [2.45, 2.75) is 32.4 Å². The quantitative estimate of drug-likeness (QED) is 0.583. The van der Waals surface area contributed by atoms with Gasteiger partial charge in [-0.05, 0) is 50.4 Å². The van der Waals surface area contributed by atoms with Crippen molar-refractivity contribution in [1.29, 1.82) is 0 Å². The first-order chi connectivity index (χ1) is 13.2. The molecule has 0 fully saturated rings. The summed E-state index contributed by atoms with van der Waals surface area (Å²) in [6, 6.07) is 8.20. The van der Waals surface area contributed by atoms with Crippen LogP contribution in [0.1, 0.15) is 40.8 Å². The molecule has 1 unspecified atom stereocenters. The monoisotopic (exact) mass is 406 g/mol. The van der Waals surface area contributed by atoms with Crippen LogP contribution in [0.4, 0.5) is 5.69 Å². The van der Waals surface area contributed by atoms with Crippen molar-refractivity contribution in [3.63, 3.8) is 0 Å². The molecule has 1 amide bonds. The highest BCUT2D eigenvalue weighted by Crippen LogP contribution is 2.25. The summed E-state index contributed by atoms with van der Waals surface area (Å²) in [5, 5.41) is 17.8. The molecule has 152 valence electrons. The minimum atomic E-state index is -0.747. The zero-order chi connectivity index (χ0) is 20.7. The van der Waals surface area contributed by atoms with E-state index in [1.807, 2.05) is 26.2 Å². The average molecular weight is 407 g/mol. The lowest BCUT2D eigenvalue weighted by molar-refractivity contribution is 0.0588. The lowest BCUT2D eigenvalue weighted by Gasteiger charge is -2.23. The number of methoxy groups -OCH3 is 1. The van der Waals surface area contributed by atoms with Crippen LogP contribution in [0, 0.1) is 0 Å². The van der Waals surface area contributed by atoms with Crippen LogP contribution in [0.3, 0.4) is 0 Å². The molecule has 0 aliphatic heterocycles. The van der Waals surface area contributed by atoms with E-state index >= 15 is 0 Å². The number of ether oxygens (including phenoxy) is 2. The SMILES string of the molecule is COC(=O)c1cc(NC(=O)c2cccs2)ccc1OCC(O)CNC(C)(C)C. The summed E-state index contributed by atoms with van der Waals surface area (Å²) in [6.45, 7) is 6.36. The number of esters is 1. The van der Waals surface area contributed by atoms with Gasteiger partial charge in [-0.3, -0.25) is 4.79 Å². The van der Waals surface area contributed by atoms with E-state index in [2.05, 4.69) is 10.6 Å². The Kier molecular flexibility index (Phi) is 7.56. The smallest absolute Gasteiger partial charge is 0.341 e. The molecule has 28 heavy (non-hydrogen) atoms. The third kappa shape index (κ3) is 6.63. The van der Waals surface area contributed by atoms with Crippen molar-refractivity contribution < 1.29 is 24.2 Å². The Hall–Kier alpha value is -2.42. The van der Waals surface area contributed by atoms with E-state index in [1.165, 1.54) is 24.5 Å². The lowest BCUT2D eigenvalue weighted by atomic mass is 10.1. The van der Waals surface area contributed by atoms with Crippen molar-refractivity contribution in [3.05, 3.63) is 46.2 Å². The number of aliphatic hydroxyl groups is 1. The van der Waals surface area contributed by atoms with Gasteiger partial charge in [-0.2, -0.15) is 0 Å². The van der Waals surface area contributed by atoms with Crippen molar-refractivity contribution in [2.75, 3.05) is 25.6 Å². The maximum absolute atomic E-state index is 12.2. The standard InChI is InChI=1S/C20H26N2O5S/c1-20(2,3)21-11-14(23)12-27-16-8-7-13(10-15(16)19(25)26-4)22-18(24)17-6-5-9-28-17/h5-10,14,21,23H,11-12H2,1-4H3,(H,22,24). The number of carbonyl (C=O) groups is 2. The van der Waals surface area contributed by atoms with Crippen molar-refractivity contribution in [3.8, 4) is 5.75 Å². The Labute approximate surface area is 168 Å². The first kappa shape index (κ1) is 21.9. The van der Waals surface area contributed by atoms with Gasteiger partial charge in [-0.15, -0.1) is 11.3 Å². The van der Waals surface area contributed by atoms with Gasteiger partial charge in [0.1, 0.15) is 24.0 Å². The first-order valence-electron chi connectivity index (χ1n) is 8.82. The van der Waals surface area contributed by atoms with E-state index in [0.717, 1.165) is 0 Å². The van der Waals surface area contributed by atoms with Crippen LogP contribution in [0.25, 0.3) is 0 Å². The molecule has 3 N–H and O–H groups in total. The minimum absolute atomic E-state index is 0.00791. The van der Waals surface area contributed by atoms with Gasteiger partial charge in [0.15, 0.2) is 0 Å². The third-order valence-corrected chi connectivity index (χ3v) is 4.56. The fraction of sp³-hybridized carbons (Fsp3) is 0.400. The number of carbonyl (C=O) groups excluding carboxylic acids is 2. The molecule has 0 aliphatic rings. The van der Waals surface area contributed by atoms with Crippen LogP contribution in [0.15, 0.2) is 35.7 Å². The van der Waals surface area contributed by atoms with Gasteiger partial charge in [0, 0.05) is 17.8 Å². The fourth-order valence-corrected chi connectivity index (χ4v) is 2.89. The Balaban J connectivity index is 2.07. The molecular weight excluding hydrogens is 380 g/mol. The number of benzene rings is 1. The second-order valence-corrected chi connectivity index (χ2v) is 8.18. The number of thiophene rings is 1. The van der Waals surface area contributed by atoms with Gasteiger partial charge in [-0.1, -0.05) is 6.07 Å². The molecule has 0 bridgehead atoms. The van der Waals surface area contributed by atoms with E-state index < -0.39 is 12.1 Å². The second-order valence-electron chi connectivity index (χ2n) is 7.23. The van der Waals surface area contributed by atoms with Crippen LogP contribution in [0.5, 0.6) is 5.75 Å². The predicted molar refractivity (Wildman–Crippen MR) is 109 cm³/mol. The highest BCUT2D eigenvalue weighted by Gasteiger charge is 2.18. The van der Waals surface area contributed by atoms with Crippen LogP contribution >= 0.6 is 11.3 Å². The number of rotatable bonds is 8. The summed E-state index contributed by atoms with van der Waals surface area (Å²) in [4.78, 5) is 24.9. The van der Waals surface area contributed by atoms with Gasteiger partial charge in [0.2, 0.25) is 0 Å². The number of β-amino-alcohol motifs (C(OH)–C–C–N with tert-alkyl or cyclic N) is 1. The number of amides is 1. The highest BCUT2D eigenvalue weighted by atomic mass is 32.1. The summed E-state index contributed by atoms with van der Waals surface area (Å²) >= 11 is 1.32. The summed E-state index contributed by atoms with van der Waals surface area (Å²) < 4.78 is 10.4. The van der Waals surface area contributed by atoms with E-state index in [4.69, 9.17) is 9.47 Å². The summed E-state index contributed by atoms with van der Waals surface area (Å²) in [7, 11) is 1.27. The zero-order valence-electron chi connectivity index (χ0n) is 16.4. The Morgan fingerprint density at radius 3 is 2.61 bits per heavy atom. The normalized spacial score (nSPS) is 12.3. The Morgan fingerprint density at radius 1 is 1.25 bits per heavy atom. The largest absolute Gasteiger partial charge is 0.490 e. The minimum Gasteiger partial charge on any atom is -0.490 e. The molecular formula is C20H26N2O5S. The molecule has 7 nitrogen and oxygen atoms in total. The van der Waals surface area contributed by atoms with Crippen LogP contribution in [0.2, 0.25) is 0 Å². The second kappa shape index (κ2) is 9.68. The molecule has 1 aromatic heterocycles. The van der Waals surface area contributed by atoms with Crippen molar-refractivity contribution in [1.82, 2.24) is 5.32 Å². The fourth-order valence-electron chi connectivity index (χ4n) is 2.27. The molecule has 0 saturated carbocycles. The molecule has 8 heteroatoms. The highest BCUT2D eigenvalue weighted by molar-refractivity contribution is 7.12. The lowest BCUT2D eigenvalue weighted by Crippen LogP contribution is -2.42. The van der Waals surface area contributed by atoms with E-state index in [1.54, 1.807) is 24.3 Å². The molecule has 0 radical (unpaired) electrons. The molecule has 2 rings (SSSR count). The van der Waals surface area contributed by atoms with Gasteiger partial charge < -0.3 is 25.2 Å². The Morgan fingerprint density at radius 2 is 2.00 bits per heavy atom. The molecule has 2 aromatic rings. The molecule has 0 spiro atoms. The Bertz CT molecular complexity index is 799. The van der Waals surface area contributed by atoms with E-state index in [-0.39, 0.29) is 29.4 Å². The molecule has 0 aliphatic carbocycles. The number of hydrogen-bond donors (Lipinski definition) is 3. The van der Waals surface area contributed by atoms with Crippen molar-refractivity contribution >= 4 is 28.9 Å². The summed E-state index contributed by atoms with van der Waals surface area (Å²) in [5.74, 6) is -0.580. The topological polar surface area (TPSA) is 96.9 Å². The van der Waals surface area contributed by atoms with Crippen LogP contribution < -0.4 is 15.4 Å². The van der Waals surface area contributed by atoms with E-state index in [9.17, 15) is 14.7 Å². The maximum Gasteiger partial charge on any atom is 0.341 e. The molecule has 0 saturated heterocycles.